The number of hydrogen-bond donors (Lipinski definition) is 1. The van der Waals surface area contributed by atoms with Crippen LogP contribution in [0.3, 0.4) is 0 Å². The maximum Gasteiger partial charge on any atom is 0.346 e. The highest BCUT2D eigenvalue weighted by Crippen LogP contribution is 2.32. The lowest BCUT2D eigenvalue weighted by molar-refractivity contribution is -0.384. The van der Waals surface area contributed by atoms with E-state index in [0.29, 0.717) is 17.0 Å². The SMILES string of the molecule is CC[C@]1(c2ccccc2)NC(=O)N(/N=C\c2cc([N+](=O)[O-])ccc2Cl)C1=O. The first kappa shape index (κ1) is 18.5. The van der Waals surface area contributed by atoms with Crippen LogP contribution >= 0.6 is 11.6 Å². The van der Waals surface area contributed by atoms with E-state index in [-0.39, 0.29) is 16.3 Å². The van der Waals surface area contributed by atoms with Gasteiger partial charge >= 0.3 is 6.03 Å². The average Bonchev–Trinajstić information content (AvgIpc) is 2.92. The van der Waals surface area contributed by atoms with Gasteiger partial charge in [0.15, 0.2) is 0 Å². The first-order valence-corrected chi connectivity index (χ1v) is 8.47. The van der Waals surface area contributed by atoms with Gasteiger partial charge in [0.1, 0.15) is 5.54 Å². The molecule has 9 heteroatoms. The van der Waals surface area contributed by atoms with Crippen LogP contribution in [0.1, 0.15) is 24.5 Å². The van der Waals surface area contributed by atoms with Crippen LogP contribution in [-0.2, 0) is 10.3 Å². The molecule has 2 aromatic rings. The molecule has 1 aliphatic rings. The number of hydrazone groups is 1. The monoisotopic (exact) mass is 386 g/mol. The Kier molecular flexibility index (Phi) is 4.91. The van der Waals surface area contributed by atoms with Crippen LogP contribution in [0.15, 0.2) is 53.6 Å². The number of hydrogen-bond acceptors (Lipinski definition) is 5. The van der Waals surface area contributed by atoms with Crippen molar-refractivity contribution in [2.24, 2.45) is 5.10 Å². The second kappa shape index (κ2) is 7.16. The quantitative estimate of drug-likeness (QED) is 0.367. The van der Waals surface area contributed by atoms with E-state index in [4.69, 9.17) is 11.6 Å². The highest BCUT2D eigenvalue weighted by atomic mass is 35.5. The highest BCUT2D eigenvalue weighted by Gasteiger charge is 2.51. The topological polar surface area (TPSA) is 105 Å². The summed E-state index contributed by atoms with van der Waals surface area (Å²) in [6, 6.07) is 12.0. The van der Waals surface area contributed by atoms with Crippen molar-refractivity contribution in [2.45, 2.75) is 18.9 Å². The molecule has 0 saturated carbocycles. The van der Waals surface area contributed by atoms with E-state index in [1.165, 1.54) is 18.2 Å². The lowest BCUT2D eigenvalue weighted by Crippen LogP contribution is -2.43. The van der Waals surface area contributed by atoms with Gasteiger partial charge in [-0.1, -0.05) is 48.9 Å². The van der Waals surface area contributed by atoms with E-state index in [2.05, 4.69) is 10.4 Å². The number of benzene rings is 2. The number of non-ortho nitro benzene ring substituents is 1. The van der Waals surface area contributed by atoms with Crippen molar-refractivity contribution in [3.63, 3.8) is 0 Å². The Morgan fingerprint density at radius 1 is 1.26 bits per heavy atom. The van der Waals surface area contributed by atoms with Crippen molar-refractivity contribution < 1.29 is 14.5 Å². The fraction of sp³-hybridized carbons (Fsp3) is 0.167. The van der Waals surface area contributed by atoms with E-state index >= 15 is 0 Å². The molecule has 0 aliphatic carbocycles. The third-order valence-corrected chi connectivity index (χ3v) is 4.71. The van der Waals surface area contributed by atoms with Crippen LogP contribution in [-0.4, -0.2) is 28.1 Å². The van der Waals surface area contributed by atoms with Crippen LogP contribution in [0.25, 0.3) is 0 Å². The lowest BCUT2D eigenvalue weighted by Gasteiger charge is -2.24. The summed E-state index contributed by atoms with van der Waals surface area (Å²) < 4.78 is 0. The number of urea groups is 1. The maximum atomic E-state index is 12.9. The van der Waals surface area contributed by atoms with Crippen molar-refractivity contribution in [1.82, 2.24) is 10.3 Å². The Balaban J connectivity index is 1.94. The zero-order valence-electron chi connectivity index (χ0n) is 14.3. The number of nitrogens with zero attached hydrogens (tertiary/aromatic N) is 3. The van der Waals surface area contributed by atoms with Gasteiger partial charge < -0.3 is 5.32 Å². The predicted octanol–water partition coefficient (Wildman–Crippen LogP) is 3.44. The molecule has 0 bridgehead atoms. The normalized spacial score (nSPS) is 19.6. The molecule has 1 heterocycles. The summed E-state index contributed by atoms with van der Waals surface area (Å²) in [6.07, 6.45) is 1.49. The third kappa shape index (κ3) is 3.26. The Morgan fingerprint density at radius 2 is 1.96 bits per heavy atom. The molecule has 0 aromatic heterocycles. The highest BCUT2D eigenvalue weighted by molar-refractivity contribution is 6.33. The van der Waals surface area contributed by atoms with Gasteiger partial charge in [0.25, 0.3) is 11.6 Å². The van der Waals surface area contributed by atoms with Crippen LogP contribution in [0.2, 0.25) is 5.02 Å². The number of rotatable bonds is 5. The molecule has 0 spiro atoms. The molecular weight excluding hydrogens is 372 g/mol. The minimum atomic E-state index is -1.21. The number of carbonyl (C=O) groups is 2. The molecule has 3 rings (SSSR count). The maximum absolute atomic E-state index is 12.9. The van der Waals surface area contributed by atoms with Gasteiger partial charge in [-0.25, -0.2) is 4.79 Å². The van der Waals surface area contributed by atoms with Crippen molar-refractivity contribution in [3.8, 4) is 0 Å². The first-order chi connectivity index (χ1) is 12.9. The van der Waals surface area contributed by atoms with Crippen LogP contribution in [0.4, 0.5) is 10.5 Å². The number of carbonyl (C=O) groups excluding carboxylic acids is 2. The Morgan fingerprint density at radius 3 is 2.59 bits per heavy atom. The number of imide groups is 1. The van der Waals surface area contributed by atoms with Gasteiger partial charge in [0.05, 0.1) is 11.1 Å². The number of amides is 3. The predicted molar refractivity (Wildman–Crippen MR) is 99.5 cm³/mol. The molecule has 1 aliphatic heterocycles. The molecule has 0 radical (unpaired) electrons. The second-order valence-electron chi connectivity index (χ2n) is 5.88. The second-order valence-corrected chi connectivity index (χ2v) is 6.29. The Bertz CT molecular complexity index is 948. The third-order valence-electron chi connectivity index (χ3n) is 4.37. The molecular formula is C18H15ClN4O4. The summed E-state index contributed by atoms with van der Waals surface area (Å²) >= 11 is 6.02. The molecule has 8 nitrogen and oxygen atoms in total. The number of halogens is 1. The van der Waals surface area contributed by atoms with Gasteiger partial charge in [-0.2, -0.15) is 5.10 Å². The lowest BCUT2D eigenvalue weighted by atomic mass is 9.87. The molecule has 1 fully saturated rings. The minimum Gasteiger partial charge on any atom is -0.318 e. The van der Waals surface area contributed by atoms with E-state index in [1.807, 2.05) is 6.07 Å². The summed E-state index contributed by atoms with van der Waals surface area (Å²) in [6.45, 7) is 1.79. The zero-order chi connectivity index (χ0) is 19.6. The summed E-state index contributed by atoms with van der Waals surface area (Å²) in [5, 5.41) is 18.4. The van der Waals surface area contributed by atoms with E-state index in [0.717, 1.165) is 6.21 Å². The largest absolute Gasteiger partial charge is 0.346 e. The van der Waals surface area contributed by atoms with Crippen LogP contribution in [0, 0.1) is 10.1 Å². The summed E-state index contributed by atoms with van der Waals surface area (Å²) in [5.74, 6) is -0.529. The molecule has 0 unspecified atom stereocenters. The first-order valence-electron chi connectivity index (χ1n) is 8.09. The van der Waals surface area contributed by atoms with Crippen molar-refractivity contribution in [2.75, 3.05) is 0 Å². The molecule has 3 amide bonds. The number of nitrogens with one attached hydrogen (secondary N) is 1. The molecule has 1 N–H and O–H groups in total. The molecule has 1 atom stereocenters. The summed E-state index contributed by atoms with van der Waals surface area (Å²) in [4.78, 5) is 35.6. The summed E-state index contributed by atoms with van der Waals surface area (Å²) in [5.41, 5.74) is -0.510. The van der Waals surface area contributed by atoms with E-state index < -0.39 is 22.4 Å². The van der Waals surface area contributed by atoms with Gasteiger partial charge in [0.2, 0.25) is 0 Å². The minimum absolute atomic E-state index is 0.176. The van der Waals surface area contributed by atoms with E-state index in [9.17, 15) is 19.7 Å². The van der Waals surface area contributed by atoms with Gasteiger partial charge in [-0.15, -0.1) is 5.01 Å². The van der Waals surface area contributed by atoms with Gasteiger partial charge in [-0.3, -0.25) is 14.9 Å². The van der Waals surface area contributed by atoms with Crippen LogP contribution < -0.4 is 5.32 Å². The molecule has 27 heavy (non-hydrogen) atoms. The van der Waals surface area contributed by atoms with Crippen molar-refractivity contribution in [3.05, 3.63) is 74.8 Å². The van der Waals surface area contributed by atoms with E-state index in [1.54, 1.807) is 31.2 Å². The Hall–Kier alpha value is -3.26. The average molecular weight is 387 g/mol. The number of nitro groups is 1. The van der Waals surface area contributed by atoms with Crippen molar-refractivity contribution in [1.29, 1.82) is 0 Å². The molecule has 1 saturated heterocycles. The standard InChI is InChI=1S/C18H15ClN4O4/c1-2-18(13-6-4-3-5-7-13)16(24)22(17(25)21-18)20-11-12-10-14(23(26)27)8-9-15(12)19/h3-11H,2H2,1H3,(H,21,25)/b20-11-/t18-/m1/s1. The summed E-state index contributed by atoms with van der Waals surface area (Å²) in [7, 11) is 0. The fourth-order valence-electron chi connectivity index (χ4n) is 2.89. The zero-order valence-corrected chi connectivity index (χ0v) is 15.0. The van der Waals surface area contributed by atoms with Crippen LogP contribution in [0.5, 0.6) is 0 Å². The van der Waals surface area contributed by atoms with Gasteiger partial charge in [0, 0.05) is 22.7 Å². The smallest absolute Gasteiger partial charge is 0.318 e. The van der Waals surface area contributed by atoms with Gasteiger partial charge in [-0.05, 0) is 18.1 Å². The van der Waals surface area contributed by atoms with Crippen molar-refractivity contribution >= 4 is 35.4 Å². The molecule has 2 aromatic carbocycles. The Labute approximate surface area is 159 Å². The fourth-order valence-corrected chi connectivity index (χ4v) is 3.06. The number of nitro benzene ring substituents is 1. The molecule has 138 valence electrons.